The van der Waals surface area contributed by atoms with Crippen molar-refractivity contribution < 1.29 is 9.47 Å². The fraction of sp³-hybridized carbons (Fsp3) is 0.632. The van der Waals surface area contributed by atoms with Crippen LogP contribution in [-0.4, -0.2) is 58.5 Å². The second-order valence-electron chi connectivity index (χ2n) is 6.67. The summed E-state index contributed by atoms with van der Waals surface area (Å²) in [5.74, 6) is 1.81. The lowest BCUT2D eigenvalue weighted by Gasteiger charge is -2.22. The maximum Gasteiger partial charge on any atom is 0.191 e. The van der Waals surface area contributed by atoms with Crippen LogP contribution < -0.4 is 20.3 Å². The molecule has 6 nitrogen and oxygen atoms in total. The van der Waals surface area contributed by atoms with Crippen molar-refractivity contribution in [1.82, 2.24) is 10.6 Å². The van der Waals surface area contributed by atoms with Gasteiger partial charge in [0.15, 0.2) is 5.96 Å². The Morgan fingerprint density at radius 3 is 3.00 bits per heavy atom. The van der Waals surface area contributed by atoms with Crippen molar-refractivity contribution in [3.05, 3.63) is 24.3 Å². The Bertz CT molecular complexity index is 572. The predicted octanol–water partition coefficient (Wildman–Crippen LogP) is 2.01. The normalized spacial score (nSPS) is 23.8. The molecule has 2 unspecified atom stereocenters. The molecule has 3 rings (SSSR count). The SMILES string of the molecule is CN=C(NCCC1CCCO1)NC1CCN(c2ccccc2OC)C1. The monoisotopic (exact) mass is 346 g/mol. The Morgan fingerprint density at radius 1 is 1.36 bits per heavy atom. The zero-order valence-electron chi connectivity index (χ0n) is 15.3. The van der Waals surface area contributed by atoms with Crippen molar-refractivity contribution in [1.29, 1.82) is 0 Å². The Labute approximate surface area is 150 Å². The third kappa shape index (κ3) is 4.78. The number of hydrogen-bond donors (Lipinski definition) is 2. The van der Waals surface area contributed by atoms with Gasteiger partial charge in [-0.1, -0.05) is 12.1 Å². The Morgan fingerprint density at radius 2 is 2.24 bits per heavy atom. The highest BCUT2D eigenvalue weighted by molar-refractivity contribution is 5.80. The summed E-state index contributed by atoms with van der Waals surface area (Å²) in [5, 5.41) is 6.96. The summed E-state index contributed by atoms with van der Waals surface area (Å²) in [6.07, 6.45) is 4.92. The number of benzene rings is 1. The molecule has 2 saturated heterocycles. The van der Waals surface area contributed by atoms with Crippen molar-refractivity contribution in [2.45, 2.75) is 37.8 Å². The first-order valence-electron chi connectivity index (χ1n) is 9.27. The summed E-state index contributed by atoms with van der Waals surface area (Å²) in [6.45, 7) is 3.78. The maximum atomic E-state index is 5.67. The zero-order valence-corrected chi connectivity index (χ0v) is 15.3. The fourth-order valence-corrected chi connectivity index (χ4v) is 3.60. The van der Waals surface area contributed by atoms with Crippen molar-refractivity contribution in [2.75, 3.05) is 45.3 Å². The number of nitrogens with zero attached hydrogens (tertiary/aromatic N) is 2. The van der Waals surface area contributed by atoms with Crippen LogP contribution >= 0.6 is 0 Å². The minimum absolute atomic E-state index is 0.388. The van der Waals surface area contributed by atoms with Crippen molar-refractivity contribution in [3.63, 3.8) is 0 Å². The molecular formula is C19H30N4O2. The van der Waals surface area contributed by atoms with Crippen molar-refractivity contribution in [2.24, 2.45) is 4.99 Å². The molecule has 25 heavy (non-hydrogen) atoms. The molecule has 6 heteroatoms. The van der Waals surface area contributed by atoms with E-state index in [2.05, 4.69) is 32.7 Å². The lowest BCUT2D eigenvalue weighted by molar-refractivity contribution is 0.105. The van der Waals surface area contributed by atoms with Crippen molar-refractivity contribution >= 4 is 11.6 Å². The van der Waals surface area contributed by atoms with Gasteiger partial charge in [-0.2, -0.15) is 0 Å². The largest absolute Gasteiger partial charge is 0.495 e. The average Bonchev–Trinajstić information content (AvgIpc) is 3.32. The molecule has 0 spiro atoms. The molecule has 2 aliphatic rings. The van der Waals surface area contributed by atoms with Gasteiger partial charge in [0, 0.05) is 39.3 Å². The van der Waals surface area contributed by atoms with E-state index in [-0.39, 0.29) is 0 Å². The third-order valence-electron chi connectivity index (χ3n) is 4.96. The highest BCUT2D eigenvalue weighted by Crippen LogP contribution is 2.30. The number of para-hydroxylation sites is 2. The maximum absolute atomic E-state index is 5.67. The second-order valence-corrected chi connectivity index (χ2v) is 6.67. The molecule has 1 aromatic carbocycles. The first-order chi connectivity index (χ1) is 12.3. The summed E-state index contributed by atoms with van der Waals surface area (Å²) in [4.78, 5) is 6.73. The van der Waals surface area contributed by atoms with Gasteiger partial charge in [0.05, 0.1) is 18.9 Å². The van der Waals surface area contributed by atoms with E-state index in [9.17, 15) is 0 Å². The molecule has 2 fully saturated rings. The van der Waals surface area contributed by atoms with Gasteiger partial charge >= 0.3 is 0 Å². The Balaban J connectivity index is 1.46. The molecule has 138 valence electrons. The standard InChI is InChI=1S/C19H30N4O2/c1-20-19(21-11-9-16-6-5-13-25-16)22-15-10-12-23(14-15)17-7-3-4-8-18(17)24-2/h3-4,7-8,15-16H,5-6,9-14H2,1-2H3,(H2,20,21,22). The van der Waals surface area contributed by atoms with Crippen LogP contribution in [0.2, 0.25) is 0 Å². The van der Waals surface area contributed by atoms with Gasteiger partial charge < -0.3 is 25.0 Å². The molecule has 0 amide bonds. The molecule has 2 atom stereocenters. The second kappa shape index (κ2) is 8.94. The third-order valence-corrected chi connectivity index (χ3v) is 4.96. The summed E-state index contributed by atoms with van der Waals surface area (Å²) in [7, 11) is 3.55. The van der Waals surface area contributed by atoms with E-state index in [4.69, 9.17) is 9.47 Å². The van der Waals surface area contributed by atoms with E-state index < -0.39 is 0 Å². The first kappa shape index (κ1) is 17.9. The predicted molar refractivity (Wildman–Crippen MR) is 102 cm³/mol. The van der Waals surface area contributed by atoms with Crippen LogP contribution in [-0.2, 0) is 4.74 Å². The molecular weight excluding hydrogens is 316 g/mol. The van der Waals surface area contributed by atoms with Gasteiger partial charge in [0.2, 0.25) is 0 Å². The molecule has 0 aliphatic carbocycles. The van der Waals surface area contributed by atoms with Crippen LogP contribution in [0, 0.1) is 0 Å². The van der Waals surface area contributed by atoms with Crippen LogP contribution in [0.3, 0.4) is 0 Å². The van der Waals surface area contributed by atoms with Gasteiger partial charge in [-0.3, -0.25) is 4.99 Å². The van der Waals surface area contributed by atoms with E-state index in [1.807, 2.05) is 19.2 Å². The smallest absolute Gasteiger partial charge is 0.191 e. The highest BCUT2D eigenvalue weighted by Gasteiger charge is 2.25. The molecule has 0 saturated carbocycles. The summed E-state index contributed by atoms with van der Waals surface area (Å²) >= 11 is 0. The molecule has 0 bridgehead atoms. The number of ether oxygens (including phenoxy) is 2. The van der Waals surface area contributed by atoms with Gasteiger partial charge in [-0.15, -0.1) is 0 Å². The minimum Gasteiger partial charge on any atom is -0.495 e. The number of anilines is 1. The lowest BCUT2D eigenvalue weighted by atomic mass is 10.2. The lowest BCUT2D eigenvalue weighted by Crippen LogP contribution is -2.45. The van der Waals surface area contributed by atoms with Crippen LogP contribution in [0.15, 0.2) is 29.3 Å². The molecule has 2 N–H and O–H groups in total. The molecule has 0 radical (unpaired) electrons. The summed E-state index contributed by atoms with van der Waals surface area (Å²) < 4.78 is 11.2. The van der Waals surface area contributed by atoms with E-state index >= 15 is 0 Å². The quantitative estimate of drug-likeness (QED) is 0.610. The molecule has 1 aromatic rings. The van der Waals surface area contributed by atoms with Crippen LogP contribution in [0.25, 0.3) is 0 Å². The van der Waals surface area contributed by atoms with Gasteiger partial charge in [-0.05, 0) is 37.8 Å². The number of rotatable bonds is 6. The number of hydrogen-bond acceptors (Lipinski definition) is 4. The number of guanidine groups is 1. The van der Waals surface area contributed by atoms with Crippen LogP contribution in [0.4, 0.5) is 5.69 Å². The zero-order chi connectivity index (χ0) is 17.5. The van der Waals surface area contributed by atoms with Gasteiger partial charge in [0.1, 0.15) is 5.75 Å². The fourth-order valence-electron chi connectivity index (χ4n) is 3.60. The number of methoxy groups -OCH3 is 1. The van der Waals surface area contributed by atoms with E-state index in [1.165, 1.54) is 12.8 Å². The van der Waals surface area contributed by atoms with E-state index in [0.29, 0.717) is 12.1 Å². The number of aliphatic imine (C=N–C) groups is 1. The van der Waals surface area contributed by atoms with Crippen molar-refractivity contribution in [3.8, 4) is 5.75 Å². The molecule has 2 heterocycles. The average molecular weight is 346 g/mol. The summed E-state index contributed by atoms with van der Waals surface area (Å²) in [5.41, 5.74) is 1.16. The topological polar surface area (TPSA) is 58.1 Å². The van der Waals surface area contributed by atoms with Gasteiger partial charge in [0.25, 0.3) is 0 Å². The minimum atomic E-state index is 0.388. The Kier molecular flexibility index (Phi) is 6.39. The first-order valence-corrected chi connectivity index (χ1v) is 9.27. The Hall–Kier alpha value is -1.95. The highest BCUT2D eigenvalue weighted by atomic mass is 16.5. The van der Waals surface area contributed by atoms with Gasteiger partial charge in [-0.25, -0.2) is 0 Å². The van der Waals surface area contributed by atoms with Crippen LogP contribution in [0.1, 0.15) is 25.7 Å². The molecule has 2 aliphatic heterocycles. The summed E-state index contributed by atoms with van der Waals surface area (Å²) in [6, 6.07) is 8.59. The molecule has 0 aromatic heterocycles. The van der Waals surface area contributed by atoms with E-state index in [1.54, 1.807) is 7.11 Å². The van der Waals surface area contributed by atoms with Crippen LogP contribution in [0.5, 0.6) is 5.75 Å². The number of nitrogens with one attached hydrogen (secondary N) is 2. The van der Waals surface area contributed by atoms with E-state index in [0.717, 1.165) is 56.5 Å².